The Labute approximate surface area is 130 Å². The zero-order valence-corrected chi connectivity index (χ0v) is 15.4. The molecule has 0 atom stereocenters. The van der Waals surface area contributed by atoms with Crippen LogP contribution in [0.4, 0.5) is 0 Å². The SMILES string of the molecule is CCc1c(CBr)c(C)c(CBr)c(CC)c1CBr. The monoisotopic (exact) mass is 424 g/mol. The van der Waals surface area contributed by atoms with E-state index in [1.807, 2.05) is 0 Å². The van der Waals surface area contributed by atoms with Crippen molar-refractivity contribution in [3.05, 3.63) is 33.4 Å². The molecule has 1 aromatic rings. The van der Waals surface area contributed by atoms with E-state index in [0.717, 1.165) is 28.8 Å². The molecule has 0 saturated heterocycles. The molecule has 0 unspecified atom stereocenters. The fourth-order valence-electron chi connectivity index (χ4n) is 2.56. The fourth-order valence-corrected chi connectivity index (χ4v) is 4.75. The lowest BCUT2D eigenvalue weighted by molar-refractivity contribution is 0.982. The van der Waals surface area contributed by atoms with Gasteiger partial charge in [-0.3, -0.25) is 0 Å². The van der Waals surface area contributed by atoms with E-state index in [0.29, 0.717) is 0 Å². The summed E-state index contributed by atoms with van der Waals surface area (Å²) in [6.45, 7) is 6.75. The lowest BCUT2D eigenvalue weighted by atomic mass is 9.87. The lowest BCUT2D eigenvalue weighted by Gasteiger charge is -2.22. The molecule has 0 aliphatic heterocycles. The van der Waals surface area contributed by atoms with Crippen molar-refractivity contribution in [1.82, 2.24) is 0 Å². The van der Waals surface area contributed by atoms with Crippen LogP contribution in [0.25, 0.3) is 0 Å². The van der Waals surface area contributed by atoms with Gasteiger partial charge in [0.2, 0.25) is 0 Å². The van der Waals surface area contributed by atoms with Crippen molar-refractivity contribution < 1.29 is 0 Å². The first kappa shape index (κ1) is 15.7. The van der Waals surface area contributed by atoms with Crippen LogP contribution >= 0.6 is 47.8 Å². The second-order valence-electron chi connectivity index (χ2n) is 4.13. The van der Waals surface area contributed by atoms with Crippen molar-refractivity contribution in [1.29, 1.82) is 0 Å². The largest absolute Gasteiger partial charge is 0.0876 e. The highest BCUT2D eigenvalue weighted by Crippen LogP contribution is 2.33. The zero-order chi connectivity index (χ0) is 13.0. The fraction of sp³-hybridized carbons (Fsp3) is 0.571. The van der Waals surface area contributed by atoms with Crippen LogP contribution in [0.1, 0.15) is 47.2 Å². The smallest absolute Gasteiger partial charge is 0.0288 e. The lowest BCUT2D eigenvalue weighted by Crippen LogP contribution is -2.08. The molecule has 0 N–H and O–H groups in total. The minimum Gasteiger partial charge on any atom is -0.0876 e. The predicted octanol–water partition coefficient (Wildman–Crippen LogP) is 5.80. The van der Waals surface area contributed by atoms with Crippen molar-refractivity contribution in [2.24, 2.45) is 0 Å². The summed E-state index contributed by atoms with van der Waals surface area (Å²) in [7, 11) is 0. The number of rotatable bonds is 5. The number of halogens is 3. The molecular weight excluding hydrogens is 408 g/mol. The molecule has 0 aliphatic rings. The van der Waals surface area contributed by atoms with Gasteiger partial charge in [-0.15, -0.1) is 0 Å². The minimum atomic E-state index is 0.950. The Balaban J connectivity index is 3.66. The predicted molar refractivity (Wildman–Crippen MR) is 87.8 cm³/mol. The van der Waals surface area contributed by atoms with Crippen LogP contribution in [0, 0.1) is 6.92 Å². The van der Waals surface area contributed by atoms with E-state index in [1.54, 1.807) is 0 Å². The van der Waals surface area contributed by atoms with Gasteiger partial charge in [0.15, 0.2) is 0 Å². The highest BCUT2D eigenvalue weighted by atomic mass is 79.9. The van der Waals surface area contributed by atoms with Crippen LogP contribution in [-0.4, -0.2) is 0 Å². The van der Waals surface area contributed by atoms with Crippen molar-refractivity contribution in [3.63, 3.8) is 0 Å². The molecule has 0 heterocycles. The molecule has 1 rings (SSSR count). The van der Waals surface area contributed by atoms with Gasteiger partial charge in [-0.2, -0.15) is 0 Å². The first-order valence-electron chi connectivity index (χ1n) is 5.98. The number of alkyl halides is 3. The van der Waals surface area contributed by atoms with Gasteiger partial charge in [0.25, 0.3) is 0 Å². The highest BCUT2D eigenvalue weighted by molar-refractivity contribution is 9.09. The highest BCUT2D eigenvalue weighted by Gasteiger charge is 2.17. The van der Waals surface area contributed by atoms with Crippen LogP contribution in [0.3, 0.4) is 0 Å². The maximum Gasteiger partial charge on any atom is 0.0288 e. The van der Waals surface area contributed by atoms with Gasteiger partial charge in [-0.05, 0) is 53.1 Å². The third-order valence-corrected chi connectivity index (χ3v) is 5.15. The summed E-state index contributed by atoms with van der Waals surface area (Å²) < 4.78 is 0. The molecule has 96 valence electrons. The van der Waals surface area contributed by atoms with Gasteiger partial charge in [0.1, 0.15) is 0 Å². The van der Waals surface area contributed by atoms with Crippen molar-refractivity contribution in [3.8, 4) is 0 Å². The molecule has 0 aliphatic carbocycles. The summed E-state index contributed by atoms with van der Waals surface area (Å²) in [5, 5.41) is 2.86. The molecule has 0 amide bonds. The van der Waals surface area contributed by atoms with E-state index in [4.69, 9.17) is 0 Å². The van der Waals surface area contributed by atoms with Crippen molar-refractivity contribution >= 4 is 47.8 Å². The molecule has 0 aromatic heterocycles. The molecule has 0 spiro atoms. The van der Waals surface area contributed by atoms with Crippen LogP contribution in [0.5, 0.6) is 0 Å². The van der Waals surface area contributed by atoms with Gasteiger partial charge in [0.05, 0.1) is 0 Å². The Kier molecular flexibility index (Phi) is 6.75. The third kappa shape index (κ3) is 2.98. The number of hydrogen-bond acceptors (Lipinski definition) is 0. The third-order valence-electron chi connectivity index (χ3n) is 3.47. The van der Waals surface area contributed by atoms with Gasteiger partial charge in [-0.1, -0.05) is 61.6 Å². The Morgan fingerprint density at radius 3 is 1.24 bits per heavy atom. The van der Waals surface area contributed by atoms with E-state index in [2.05, 4.69) is 68.6 Å². The second kappa shape index (κ2) is 7.30. The minimum absolute atomic E-state index is 0.950. The summed E-state index contributed by atoms with van der Waals surface area (Å²) >= 11 is 10.9. The topological polar surface area (TPSA) is 0 Å². The first-order chi connectivity index (χ1) is 8.15. The maximum atomic E-state index is 3.66. The summed E-state index contributed by atoms with van der Waals surface area (Å²) in [6.07, 6.45) is 2.22. The average Bonchev–Trinajstić information content (AvgIpc) is 2.36. The number of hydrogen-bond donors (Lipinski definition) is 0. The molecule has 1 aromatic carbocycles. The van der Waals surface area contributed by atoms with Crippen LogP contribution in [-0.2, 0) is 28.8 Å². The van der Waals surface area contributed by atoms with Gasteiger partial charge in [0, 0.05) is 16.0 Å². The molecule has 0 fully saturated rings. The normalized spacial score (nSPS) is 10.9. The quantitative estimate of drug-likeness (QED) is 0.521. The van der Waals surface area contributed by atoms with Gasteiger partial charge >= 0.3 is 0 Å². The molecule has 17 heavy (non-hydrogen) atoms. The average molecular weight is 427 g/mol. The van der Waals surface area contributed by atoms with Crippen LogP contribution < -0.4 is 0 Å². The Hall–Kier alpha value is 0.660. The number of benzene rings is 1. The molecule has 0 saturated carbocycles. The molecular formula is C14H19Br3. The maximum absolute atomic E-state index is 3.66. The summed E-state index contributed by atoms with van der Waals surface area (Å²) in [6, 6.07) is 0. The zero-order valence-electron chi connectivity index (χ0n) is 10.7. The van der Waals surface area contributed by atoms with Crippen molar-refractivity contribution in [2.75, 3.05) is 0 Å². The van der Waals surface area contributed by atoms with E-state index in [-0.39, 0.29) is 0 Å². The van der Waals surface area contributed by atoms with E-state index < -0.39 is 0 Å². The van der Waals surface area contributed by atoms with Gasteiger partial charge in [-0.25, -0.2) is 0 Å². The van der Waals surface area contributed by atoms with Crippen LogP contribution in [0.15, 0.2) is 0 Å². The Bertz CT molecular complexity index is 364. The molecule has 0 radical (unpaired) electrons. The van der Waals surface area contributed by atoms with E-state index >= 15 is 0 Å². The molecule has 0 bridgehead atoms. The summed E-state index contributed by atoms with van der Waals surface area (Å²) in [5.41, 5.74) is 8.97. The van der Waals surface area contributed by atoms with Crippen LogP contribution in [0.2, 0.25) is 0 Å². The Morgan fingerprint density at radius 1 is 0.647 bits per heavy atom. The summed E-state index contributed by atoms with van der Waals surface area (Å²) in [5.74, 6) is 0. The summed E-state index contributed by atoms with van der Waals surface area (Å²) in [4.78, 5) is 0. The standard InChI is InChI=1S/C14H19Br3/c1-4-10-12(6-15)9(3)13(7-16)11(5-2)14(10)8-17/h4-8H2,1-3H3. The second-order valence-corrected chi connectivity index (χ2v) is 5.81. The van der Waals surface area contributed by atoms with E-state index in [9.17, 15) is 0 Å². The van der Waals surface area contributed by atoms with Crippen molar-refractivity contribution in [2.45, 2.75) is 49.6 Å². The Morgan fingerprint density at radius 2 is 1.00 bits per heavy atom. The molecule has 3 heteroatoms. The van der Waals surface area contributed by atoms with Gasteiger partial charge < -0.3 is 0 Å². The molecule has 0 nitrogen and oxygen atoms in total. The van der Waals surface area contributed by atoms with E-state index in [1.165, 1.54) is 33.4 Å². The first-order valence-corrected chi connectivity index (χ1v) is 9.35.